The van der Waals surface area contributed by atoms with Crippen LogP contribution in [0.1, 0.15) is 12.5 Å². The predicted octanol–water partition coefficient (Wildman–Crippen LogP) is 1.42. The van der Waals surface area contributed by atoms with E-state index in [1.54, 1.807) is 19.9 Å². The zero-order valence-corrected chi connectivity index (χ0v) is 8.17. The molecule has 0 aromatic heterocycles. The van der Waals surface area contributed by atoms with Gasteiger partial charge in [-0.25, -0.2) is 4.39 Å². The van der Waals surface area contributed by atoms with Gasteiger partial charge in [0, 0.05) is 5.69 Å². The van der Waals surface area contributed by atoms with Crippen molar-refractivity contribution in [2.45, 2.75) is 19.9 Å². The second kappa shape index (κ2) is 4.09. The number of halogens is 1. The quantitative estimate of drug-likeness (QED) is 0.768. The second-order valence-corrected chi connectivity index (χ2v) is 3.23. The maximum Gasteiger partial charge on any atom is 0.239 e. The number of benzene rings is 1. The number of carbonyl (C=O) groups excluding carboxylic acids is 1. The standard InChI is InChI=1S/C10H13FN2O/c1-6-5-8(11)3-4-9(6)13-7(2)10(12)14/h3-5,7,13H,1-2H3,(H2,12,14). The highest BCUT2D eigenvalue weighted by Gasteiger charge is 2.09. The summed E-state index contributed by atoms with van der Waals surface area (Å²) < 4.78 is 12.7. The molecule has 0 bridgehead atoms. The van der Waals surface area contributed by atoms with Crippen molar-refractivity contribution in [3.05, 3.63) is 29.6 Å². The van der Waals surface area contributed by atoms with Gasteiger partial charge in [0.25, 0.3) is 0 Å². The predicted molar refractivity (Wildman–Crippen MR) is 53.4 cm³/mol. The van der Waals surface area contributed by atoms with E-state index in [4.69, 9.17) is 5.73 Å². The number of primary amides is 1. The van der Waals surface area contributed by atoms with Crippen molar-refractivity contribution in [3.8, 4) is 0 Å². The van der Waals surface area contributed by atoms with Gasteiger partial charge in [-0.3, -0.25) is 4.79 Å². The lowest BCUT2D eigenvalue weighted by Crippen LogP contribution is -2.32. The molecule has 0 heterocycles. The summed E-state index contributed by atoms with van der Waals surface area (Å²) in [5.74, 6) is -0.728. The van der Waals surface area contributed by atoms with Crippen LogP contribution in [0.15, 0.2) is 18.2 Å². The first-order chi connectivity index (χ1) is 6.50. The largest absolute Gasteiger partial charge is 0.374 e. The van der Waals surface area contributed by atoms with E-state index in [1.807, 2.05) is 0 Å². The highest BCUT2D eigenvalue weighted by Crippen LogP contribution is 2.16. The van der Waals surface area contributed by atoms with Crippen LogP contribution < -0.4 is 11.1 Å². The summed E-state index contributed by atoms with van der Waals surface area (Å²) in [6.07, 6.45) is 0. The first-order valence-corrected chi connectivity index (χ1v) is 4.32. The maximum absolute atomic E-state index is 12.7. The number of nitrogens with one attached hydrogen (secondary N) is 1. The Hall–Kier alpha value is -1.58. The Balaban J connectivity index is 2.82. The molecule has 0 aliphatic carbocycles. The van der Waals surface area contributed by atoms with Crippen molar-refractivity contribution < 1.29 is 9.18 Å². The molecule has 14 heavy (non-hydrogen) atoms. The zero-order valence-electron chi connectivity index (χ0n) is 8.17. The van der Waals surface area contributed by atoms with Crippen LogP contribution in [0.25, 0.3) is 0 Å². The molecule has 4 heteroatoms. The molecule has 1 aromatic rings. The number of anilines is 1. The number of carbonyl (C=O) groups is 1. The summed E-state index contributed by atoms with van der Waals surface area (Å²) in [6.45, 7) is 3.42. The maximum atomic E-state index is 12.7. The summed E-state index contributed by atoms with van der Waals surface area (Å²) in [4.78, 5) is 10.8. The van der Waals surface area contributed by atoms with Crippen LogP contribution in [0.3, 0.4) is 0 Å². The third-order valence-electron chi connectivity index (χ3n) is 1.99. The van der Waals surface area contributed by atoms with Crippen LogP contribution in [-0.4, -0.2) is 11.9 Å². The lowest BCUT2D eigenvalue weighted by atomic mass is 10.2. The topological polar surface area (TPSA) is 55.1 Å². The Kier molecular flexibility index (Phi) is 3.06. The molecule has 1 rings (SSSR count). The van der Waals surface area contributed by atoms with E-state index in [2.05, 4.69) is 5.32 Å². The van der Waals surface area contributed by atoms with Gasteiger partial charge >= 0.3 is 0 Å². The van der Waals surface area contributed by atoms with Gasteiger partial charge in [0.2, 0.25) is 5.91 Å². The molecule has 1 atom stereocenters. The van der Waals surface area contributed by atoms with Gasteiger partial charge < -0.3 is 11.1 Å². The molecule has 1 amide bonds. The van der Waals surface area contributed by atoms with Crippen molar-refractivity contribution in [1.29, 1.82) is 0 Å². The van der Waals surface area contributed by atoms with E-state index >= 15 is 0 Å². The SMILES string of the molecule is Cc1cc(F)ccc1NC(C)C(N)=O. The normalized spacial score (nSPS) is 12.2. The molecule has 1 unspecified atom stereocenters. The Bertz CT molecular complexity index is 352. The minimum Gasteiger partial charge on any atom is -0.374 e. The number of hydrogen-bond donors (Lipinski definition) is 2. The summed E-state index contributed by atoms with van der Waals surface area (Å²) in [6, 6.07) is 3.86. The van der Waals surface area contributed by atoms with Crippen LogP contribution in [0.2, 0.25) is 0 Å². The first kappa shape index (κ1) is 10.5. The summed E-state index contributed by atoms with van der Waals surface area (Å²) in [5, 5.41) is 2.90. The number of hydrogen-bond acceptors (Lipinski definition) is 2. The van der Waals surface area contributed by atoms with Crippen LogP contribution in [0, 0.1) is 12.7 Å². The summed E-state index contributed by atoms with van der Waals surface area (Å²) >= 11 is 0. The van der Waals surface area contributed by atoms with E-state index in [-0.39, 0.29) is 5.82 Å². The Morgan fingerprint density at radius 3 is 2.71 bits per heavy atom. The van der Waals surface area contributed by atoms with Gasteiger partial charge in [-0.2, -0.15) is 0 Å². The number of rotatable bonds is 3. The lowest BCUT2D eigenvalue weighted by Gasteiger charge is -2.13. The van der Waals surface area contributed by atoms with Crippen LogP contribution in [0.5, 0.6) is 0 Å². The van der Waals surface area contributed by atoms with Gasteiger partial charge in [0.15, 0.2) is 0 Å². The van der Waals surface area contributed by atoms with E-state index in [0.29, 0.717) is 0 Å². The summed E-state index contributed by atoms with van der Waals surface area (Å²) in [5.41, 5.74) is 6.56. The second-order valence-electron chi connectivity index (χ2n) is 3.23. The first-order valence-electron chi connectivity index (χ1n) is 4.32. The number of nitrogens with two attached hydrogens (primary N) is 1. The fourth-order valence-corrected chi connectivity index (χ4v) is 1.09. The van der Waals surface area contributed by atoms with E-state index < -0.39 is 11.9 Å². The molecular formula is C10H13FN2O. The zero-order chi connectivity index (χ0) is 10.7. The van der Waals surface area contributed by atoms with Crippen molar-refractivity contribution >= 4 is 11.6 Å². The molecule has 1 aromatic carbocycles. The Labute approximate surface area is 82.1 Å². The molecule has 3 nitrogen and oxygen atoms in total. The number of amides is 1. The van der Waals surface area contributed by atoms with Crippen LogP contribution in [-0.2, 0) is 4.79 Å². The molecule has 0 radical (unpaired) electrons. The van der Waals surface area contributed by atoms with Crippen molar-refractivity contribution in [2.75, 3.05) is 5.32 Å². The lowest BCUT2D eigenvalue weighted by molar-refractivity contribution is -0.118. The monoisotopic (exact) mass is 196 g/mol. The van der Waals surface area contributed by atoms with Gasteiger partial charge in [0.1, 0.15) is 11.9 Å². The minimum atomic E-state index is -0.459. The fraction of sp³-hybridized carbons (Fsp3) is 0.300. The molecule has 3 N–H and O–H groups in total. The molecule has 0 aliphatic rings. The molecule has 0 saturated heterocycles. The van der Waals surface area contributed by atoms with Gasteiger partial charge in [-0.1, -0.05) is 0 Å². The average molecular weight is 196 g/mol. The van der Waals surface area contributed by atoms with Gasteiger partial charge in [0.05, 0.1) is 0 Å². The van der Waals surface area contributed by atoms with Crippen molar-refractivity contribution in [3.63, 3.8) is 0 Å². The van der Waals surface area contributed by atoms with E-state index in [0.717, 1.165) is 11.3 Å². The smallest absolute Gasteiger partial charge is 0.239 e. The van der Waals surface area contributed by atoms with Crippen molar-refractivity contribution in [1.82, 2.24) is 0 Å². The van der Waals surface area contributed by atoms with E-state index in [9.17, 15) is 9.18 Å². The summed E-state index contributed by atoms with van der Waals surface area (Å²) in [7, 11) is 0. The highest BCUT2D eigenvalue weighted by atomic mass is 19.1. The Morgan fingerprint density at radius 1 is 1.57 bits per heavy atom. The van der Waals surface area contributed by atoms with Crippen molar-refractivity contribution in [2.24, 2.45) is 5.73 Å². The Morgan fingerprint density at radius 2 is 2.21 bits per heavy atom. The molecule has 0 spiro atoms. The molecule has 0 saturated carbocycles. The van der Waals surface area contributed by atoms with Crippen LogP contribution in [0.4, 0.5) is 10.1 Å². The van der Waals surface area contributed by atoms with Gasteiger partial charge in [-0.15, -0.1) is 0 Å². The van der Waals surface area contributed by atoms with E-state index in [1.165, 1.54) is 12.1 Å². The number of aryl methyl sites for hydroxylation is 1. The third-order valence-corrected chi connectivity index (χ3v) is 1.99. The highest BCUT2D eigenvalue weighted by molar-refractivity contribution is 5.82. The third kappa shape index (κ3) is 2.45. The molecule has 0 fully saturated rings. The average Bonchev–Trinajstić information content (AvgIpc) is 2.09. The fourth-order valence-electron chi connectivity index (χ4n) is 1.09. The molecular weight excluding hydrogens is 183 g/mol. The van der Waals surface area contributed by atoms with Gasteiger partial charge in [-0.05, 0) is 37.6 Å². The molecule has 0 aliphatic heterocycles. The van der Waals surface area contributed by atoms with Crippen LogP contribution >= 0.6 is 0 Å². The minimum absolute atomic E-state index is 0.292. The molecule has 76 valence electrons.